The molecule has 0 aliphatic carbocycles. The molecule has 0 saturated carbocycles. The van der Waals surface area contributed by atoms with Crippen molar-refractivity contribution >= 4 is 11.9 Å². The number of hydrogen-bond donors (Lipinski definition) is 2. The number of aryl methyl sites for hydroxylation is 2. The standard InChI is InChI=1S/C15H21N5.C2H6/c1-11(7-6-10-13-8-4-3-5-9-13)17-15-19-12(2)18-14(16)20-15;1-2/h3-5,8-9,11H,6-7,10H2,1-2H3,(H3,16,17,18,19,20);1-2H3/t11-;/m0./s1. The fourth-order valence-corrected chi connectivity index (χ4v) is 2.12. The van der Waals surface area contributed by atoms with Crippen LogP contribution in [0, 0.1) is 6.92 Å². The lowest BCUT2D eigenvalue weighted by molar-refractivity contribution is 0.650. The molecule has 1 aromatic heterocycles. The zero-order valence-corrected chi connectivity index (χ0v) is 14.0. The molecule has 5 nitrogen and oxygen atoms in total. The third kappa shape index (κ3) is 6.52. The van der Waals surface area contributed by atoms with E-state index in [4.69, 9.17) is 5.73 Å². The summed E-state index contributed by atoms with van der Waals surface area (Å²) in [6.07, 6.45) is 3.27. The zero-order chi connectivity index (χ0) is 16.4. The van der Waals surface area contributed by atoms with Crippen LogP contribution >= 0.6 is 0 Å². The Hall–Kier alpha value is -2.17. The highest BCUT2D eigenvalue weighted by Crippen LogP contribution is 2.10. The van der Waals surface area contributed by atoms with Crippen molar-refractivity contribution in [2.24, 2.45) is 0 Å². The molecule has 0 aliphatic heterocycles. The Morgan fingerprint density at radius 2 is 1.77 bits per heavy atom. The molecule has 120 valence electrons. The van der Waals surface area contributed by atoms with Crippen molar-refractivity contribution in [3.63, 3.8) is 0 Å². The second kappa shape index (κ2) is 9.71. The average molecular weight is 301 g/mol. The van der Waals surface area contributed by atoms with Gasteiger partial charge in [-0.2, -0.15) is 15.0 Å². The minimum absolute atomic E-state index is 0.261. The van der Waals surface area contributed by atoms with Gasteiger partial charge in [0.2, 0.25) is 11.9 Å². The monoisotopic (exact) mass is 301 g/mol. The topological polar surface area (TPSA) is 76.7 Å². The Morgan fingerprint density at radius 3 is 2.41 bits per heavy atom. The van der Waals surface area contributed by atoms with E-state index in [-0.39, 0.29) is 5.95 Å². The van der Waals surface area contributed by atoms with E-state index in [9.17, 15) is 0 Å². The first kappa shape index (κ1) is 17.9. The van der Waals surface area contributed by atoms with Crippen LogP contribution < -0.4 is 11.1 Å². The third-order valence-electron chi connectivity index (χ3n) is 3.09. The largest absolute Gasteiger partial charge is 0.368 e. The highest BCUT2D eigenvalue weighted by atomic mass is 15.2. The summed E-state index contributed by atoms with van der Waals surface area (Å²) in [4.78, 5) is 12.3. The summed E-state index contributed by atoms with van der Waals surface area (Å²) in [5.74, 6) is 1.45. The van der Waals surface area contributed by atoms with Crippen molar-refractivity contribution in [1.82, 2.24) is 15.0 Å². The van der Waals surface area contributed by atoms with Gasteiger partial charge in [-0.15, -0.1) is 0 Å². The lowest BCUT2D eigenvalue weighted by Crippen LogP contribution is -2.18. The molecule has 0 amide bonds. The quantitative estimate of drug-likeness (QED) is 0.852. The molecule has 0 radical (unpaired) electrons. The van der Waals surface area contributed by atoms with E-state index in [1.807, 2.05) is 26.8 Å². The number of nitrogens with zero attached hydrogens (tertiary/aromatic N) is 3. The van der Waals surface area contributed by atoms with Gasteiger partial charge in [0, 0.05) is 6.04 Å². The summed E-state index contributed by atoms with van der Waals surface area (Å²) in [7, 11) is 0. The number of anilines is 2. The van der Waals surface area contributed by atoms with Gasteiger partial charge >= 0.3 is 0 Å². The number of benzene rings is 1. The van der Waals surface area contributed by atoms with Crippen molar-refractivity contribution in [2.45, 2.75) is 53.0 Å². The van der Waals surface area contributed by atoms with Crippen molar-refractivity contribution in [2.75, 3.05) is 11.1 Å². The molecule has 1 atom stereocenters. The molecule has 0 unspecified atom stereocenters. The summed E-state index contributed by atoms with van der Waals surface area (Å²) < 4.78 is 0. The van der Waals surface area contributed by atoms with Gasteiger partial charge in [-0.25, -0.2) is 0 Å². The highest BCUT2D eigenvalue weighted by Gasteiger charge is 2.06. The molecule has 0 spiro atoms. The molecule has 2 rings (SSSR count). The van der Waals surface area contributed by atoms with Crippen LogP contribution in [0.3, 0.4) is 0 Å². The number of hydrogen-bond acceptors (Lipinski definition) is 5. The van der Waals surface area contributed by atoms with Crippen LogP contribution in [0.1, 0.15) is 45.0 Å². The normalized spacial score (nSPS) is 11.3. The first-order chi connectivity index (χ1) is 10.6. The molecule has 0 aliphatic rings. The summed E-state index contributed by atoms with van der Waals surface area (Å²) >= 11 is 0. The predicted octanol–water partition coefficient (Wildman–Crippen LogP) is 3.61. The van der Waals surface area contributed by atoms with Gasteiger partial charge in [0.1, 0.15) is 5.82 Å². The maximum Gasteiger partial charge on any atom is 0.227 e. The van der Waals surface area contributed by atoms with Crippen molar-refractivity contribution in [1.29, 1.82) is 0 Å². The maximum atomic E-state index is 5.61. The fourth-order valence-electron chi connectivity index (χ4n) is 2.12. The second-order valence-electron chi connectivity index (χ2n) is 4.99. The van der Waals surface area contributed by atoms with Crippen molar-refractivity contribution in [3.8, 4) is 0 Å². The Morgan fingerprint density at radius 1 is 1.09 bits per heavy atom. The Kier molecular flexibility index (Phi) is 7.89. The molecule has 5 heteroatoms. The molecule has 0 fully saturated rings. The molecule has 0 bridgehead atoms. The molecule has 2 aromatic rings. The lowest BCUT2D eigenvalue weighted by atomic mass is 10.1. The van der Waals surface area contributed by atoms with Crippen LogP contribution in [0.15, 0.2) is 30.3 Å². The Bertz CT molecular complexity index is 522. The number of rotatable bonds is 6. The van der Waals surface area contributed by atoms with Gasteiger partial charge in [0.15, 0.2) is 0 Å². The number of nitrogen functional groups attached to an aromatic ring is 1. The van der Waals surface area contributed by atoms with E-state index < -0.39 is 0 Å². The van der Waals surface area contributed by atoms with Crippen LogP contribution in [-0.4, -0.2) is 21.0 Å². The van der Waals surface area contributed by atoms with Crippen LogP contribution in [0.4, 0.5) is 11.9 Å². The number of aromatic nitrogens is 3. The van der Waals surface area contributed by atoms with Crippen molar-refractivity contribution < 1.29 is 0 Å². The van der Waals surface area contributed by atoms with Gasteiger partial charge in [-0.3, -0.25) is 0 Å². The first-order valence-corrected chi connectivity index (χ1v) is 7.92. The molecule has 1 heterocycles. The Balaban J connectivity index is 0.00000116. The summed E-state index contributed by atoms with van der Waals surface area (Å²) in [5.41, 5.74) is 6.98. The fraction of sp³-hybridized carbons (Fsp3) is 0.471. The average Bonchev–Trinajstić information content (AvgIpc) is 2.49. The second-order valence-corrected chi connectivity index (χ2v) is 4.99. The van der Waals surface area contributed by atoms with E-state index in [1.54, 1.807) is 0 Å². The zero-order valence-electron chi connectivity index (χ0n) is 14.0. The van der Waals surface area contributed by atoms with Gasteiger partial charge in [-0.1, -0.05) is 44.2 Å². The minimum Gasteiger partial charge on any atom is -0.368 e. The van der Waals surface area contributed by atoms with Crippen LogP contribution in [0.2, 0.25) is 0 Å². The molecular weight excluding hydrogens is 274 g/mol. The molecular formula is C17H27N5. The minimum atomic E-state index is 0.261. The number of nitrogens with two attached hydrogens (primary N) is 1. The predicted molar refractivity (Wildman–Crippen MR) is 92.8 cm³/mol. The van der Waals surface area contributed by atoms with Crippen LogP contribution in [-0.2, 0) is 6.42 Å². The third-order valence-corrected chi connectivity index (χ3v) is 3.09. The Labute approximate surface area is 133 Å². The molecule has 1 aromatic carbocycles. The number of nitrogens with one attached hydrogen (secondary N) is 1. The first-order valence-electron chi connectivity index (χ1n) is 7.92. The smallest absolute Gasteiger partial charge is 0.227 e. The van der Waals surface area contributed by atoms with Crippen LogP contribution in [0.5, 0.6) is 0 Å². The molecule has 22 heavy (non-hydrogen) atoms. The van der Waals surface area contributed by atoms with E-state index in [0.29, 0.717) is 17.8 Å². The summed E-state index contributed by atoms with van der Waals surface area (Å²) in [6.45, 7) is 7.93. The van der Waals surface area contributed by atoms with Crippen molar-refractivity contribution in [3.05, 3.63) is 41.7 Å². The van der Waals surface area contributed by atoms with E-state index >= 15 is 0 Å². The lowest BCUT2D eigenvalue weighted by Gasteiger charge is -2.14. The molecule has 3 N–H and O–H groups in total. The van der Waals surface area contributed by atoms with E-state index in [2.05, 4.69) is 51.5 Å². The highest BCUT2D eigenvalue weighted by molar-refractivity contribution is 5.31. The van der Waals surface area contributed by atoms with Gasteiger partial charge in [-0.05, 0) is 38.7 Å². The van der Waals surface area contributed by atoms with Gasteiger partial charge < -0.3 is 11.1 Å². The summed E-state index contributed by atoms with van der Waals surface area (Å²) in [5, 5.41) is 3.27. The molecule has 0 saturated heterocycles. The SMILES string of the molecule is CC.Cc1nc(N)nc(N[C@@H](C)CCCc2ccccc2)n1. The van der Waals surface area contributed by atoms with Crippen LogP contribution in [0.25, 0.3) is 0 Å². The maximum absolute atomic E-state index is 5.61. The summed E-state index contributed by atoms with van der Waals surface area (Å²) in [6, 6.07) is 10.8. The van der Waals surface area contributed by atoms with E-state index in [1.165, 1.54) is 5.56 Å². The van der Waals surface area contributed by atoms with Gasteiger partial charge in [0.05, 0.1) is 0 Å². The van der Waals surface area contributed by atoms with Gasteiger partial charge in [0.25, 0.3) is 0 Å². The van der Waals surface area contributed by atoms with E-state index in [0.717, 1.165) is 19.3 Å².